The summed E-state index contributed by atoms with van der Waals surface area (Å²) >= 11 is 1.56. The molecule has 122 valence electrons. The summed E-state index contributed by atoms with van der Waals surface area (Å²) in [7, 11) is 1.94. The third-order valence-electron chi connectivity index (χ3n) is 4.55. The van der Waals surface area contributed by atoms with Crippen molar-refractivity contribution in [2.45, 2.75) is 25.3 Å². The summed E-state index contributed by atoms with van der Waals surface area (Å²) < 4.78 is 7.74. The molecule has 0 radical (unpaired) electrons. The monoisotopic (exact) mass is 331 g/mol. The highest BCUT2D eigenvalue weighted by Gasteiger charge is 2.32. The molecular formula is C17H21N3O2S. The van der Waals surface area contributed by atoms with Crippen molar-refractivity contribution in [3.63, 3.8) is 0 Å². The zero-order valence-electron chi connectivity index (χ0n) is 13.3. The second-order valence-corrected chi connectivity index (χ2v) is 7.37. The number of hydrogen-bond acceptors (Lipinski definition) is 4. The molecule has 0 unspecified atom stereocenters. The van der Waals surface area contributed by atoms with Gasteiger partial charge in [-0.3, -0.25) is 9.48 Å². The molecule has 1 atom stereocenters. The van der Waals surface area contributed by atoms with Gasteiger partial charge in [-0.1, -0.05) is 0 Å². The molecule has 2 aromatic rings. The van der Waals surface area contributed by atoms with Crippen molar-refractivity contribution < 1.29 is 9.53 Å². The van der Waals surface area contributed by atoms with E-state index in [4.69, 9.17) is 4.74 Å². The summed E-state index contributed by atoms with van der Waals surface area (Å²) in [5.41, 5.74) is 3.01. The van der Waals surface area contributed by atoms with Crippen LogP contribution in [-0.2, 0) is 18.3 Å². The Morgan fingerprint density at radius 3 is 3.04 bits per heavy atom. The average molecular weight is 331 g/mol. The van der Waals surface area contributed by atoms with Crippen LogP contribution in [0.15, 0.2) is 23.0 Å². The van der Waals surface area contributed by atoms with Crippen LogP contribution in [0.4, 0.5) is 0 Å². The molecule has 2 aromatic heterocycles. The summed E-state index contributed by atoms with van der Waals surface area (Å²) in [6.07, 6.45) is 4.61. The van der Waals surface area contributed by atoms with Crippen LogP contribution in [0.2, 0.25) is 0 Å². The summed E-state index contributed by atoms with van der Waals surface area (Å²) in [6, 6.07) is 1.89. The Morgan fingerprint density at radius 1 is 1.43 bits per heavy atom. The number of aryl methyl sites for hydroxylation is 1. The molecule has 23 heavy (non-hydrogen) atoms. The van der Waals surface area contributed by atoms with Crippen molar-refractivity contribution in [3.8, 4) is 0 Å². The third-order valence-corrected chi connectivity index (χ3v) is 5.23. The van der Waals surface area contributed by atoms with E-state index in [1.807, 2.05) is 39.7 Å². The van der Waals surface area contributed by atoms with E-state index in [9.17, 15) is 4.79 Å². The third kappa shape index (κ3) is 3.19. The predicted octanol–water partition coefficient (Wildman–Crippen LogP) is 2.65. The van der Waals surface area contributed by atoms with Gasteiger partial charge in [-0.2, -0.15) is 16.4 Å². The fraction of sp³-hybridized carbons (Fsp3) is 0.529. The van der Waals surface area contributed by atoms with Crippen LogP contribution < -0.4 is 0 Å². The van der Waals surface area contributed by atoms with Crippen LogP contribution in [-0.4, -0.2) is 40.3 Å². The molecule has 0 spiro atoms. The van der Waals surface area contributed by atoms with E-state index in [0.717, 1.165) is 29.3 Å². The van der Waals surface area contributed by atoms with Gasteiger partial charge in [0.05, 0.1) is 17.9 Å². The zero-order chi connectivity index (χ0) is 15.8. The second-order valence-electron chi connectivity index (χ2n) is 6.59. The van der Waals surface area contributed by atoms with Crippen molar-refractivity contribution in [1.82, 2.24) is 14.7 Å². The molecule has 1 aliphatic heterocycles. The Labute approximate surface area is 139 Å². The highest BCUT2D eigenvalue weighted by atomic mass is 32.1. The van der Waals surface area contributed by atoms with Crippen LogP contribution in [0.25, 0.3) is 0 Å². The quantitative estimate of drug-likeness (QED) is 0.846. The Bertz CT molecular complexity index is 691. The first-order valence-electron chi connectivity index (χ1n) is 8.12. The van der Waals surface area contributed by atoms with Crippen molar-refractivity contribution >= 4 is 17.2 Å². The molecule has 1 fully saturated rings. The van der Waals surface area contributed by atoms with Gasteiger partial charge < -0.3 is 9.64 Å². The molecule has 1 amide bonds. The van der Waals surface area contributed by atoms with Gasteiger partial charge in [0.1, 0.15) is 0 Å². The van der Waals surface area contributed by atoms with Gasteiger partial charge >= 0.3 is 0 Å². The summed E-state index contributed by atoms with van der Waals surface area (Å²) in [5, 5.41) is 8.47. The fourth-order valence-electron chi connectivity index (χ4n) is 3.16. The van der Waals surface area contributed by atoms with E-state index in [1.165, 1.54) is 12.8 Å². The number of amides is 1. The zero-order valence-corrected chi connectivity index (χ0v) is 14.1. The van der Waals surface area contributed by atoms with Gasteiger partial charge in [0.25, 0.3) is 5.91 Å². The Balaban J connectivity index is 1.51. The standard InChI is InChI=1S/C17H21N3O2S/c1-19-6-14-7-20(17(21)13-4-5-23-11-13)8-15(16(14)18-19)10-22-9-12-2-3-12/h4-6,11-12,15H,2-3,7-10H2,1H3/t15-/m0/s1. The largest absolute Gasteiger partial charge is 0.380 e. The number of nitrogens with zero attached hydrogens (tertiary/aromatic N) is 3. The maximum absolute atomic E-state index is 12.7. The van der Waals surface area contributed by atoms with E-state index in [-0.39, 0.29) is 11.8 Å². The molecule has 0 bridgehead atoms. The number of carbonyl (C=O) groups is 1. The minimum atomic E-state index is 0.105. The number of rotatable bonds is 5. The molecule has 0 aromatic carbocycles. The van der Waals surface area contributed by atoms with E-state index in [1.54, 1.807) is 11.3 Å². The Kier molecular flexibility index (Phi) is 3.95. The minimum absolute atomic E-state index is 0.105. The molecule has 2 aliphatic rings. The Hall–Kier alpha value is -1.66. The lowest BCUT2D eigenvalue weighted by atomic mass is 9.97. The Morgan fingerprint density at radius 2 is 2.30 bits per heavy atom. The molecule has 6 heteroatoms. The first-order valence-corrected chi connectivity index (χ1v) is 9.06. The minimum Gasteiger partial charge on any atom is -0.380 e. The van der Waals surface area contributed by atoms with Gasteiger partial charge in [0, 0.05) is 49.8 Å². The van der Waals surface area contributed by atoms with E-state index < -0.39 is 0 Å². The van der Waals surface area contributed by atoms with Crippen LogP contribution in [0.1, 0.15) is 40.4 Å². The SMILES string of the molecule is Cn1cc2c(n1)[C@H](COCC1CC1)CN(C(=O)c1ccsc1)C2. The number of thiophene rings is 1. The topological polar surface area (TPSA) is 47.4 Å². The molecule has 5 nitrogen and oxygen atoms in total. The number of hydrogen-bond donors (Lipinski definition) is 0. The molecule has 3 heterocycles. The summed E-state index contributed by atoms with van der Waals surface area (Å²) in [6.45, 7) is 2.81. The summed E-state index contributed by atoms with van der Waals surface area (Å²) in [5.74, 6) is 1.03. The first kappa shape index (κ1) is 14.9. The van der Waals surface area contributed by atoms with E-state index in [0.29, 0.717) is 19.7 Å². The lowest BCUT2D eigenvalue weighted by Gasteiger charge is -2.31. The molecular weight excluding hydrogens is 310 g/mol. The van der Waals surface area contributed by atoms with Gasteiger partial charge in [-0.05, 0) is 30.2 Å². The van der Waals surface area contributed by atoms with Crippen molar-refractivity contribution in [2.75, 3.05) is 19.8 Å². The van der Waals surface area contributed by atoms with Crippen LogP contribution in [0.5, 0.6) is 0 Å². The molecule has 0 N–H and O–H groups in total. The molecule has 4 rings (SSSR count). The lowest BCUT2D eigenvalue weighted by molar-refractivity contribution is 0.0626. The highest BCUT2D eigenvalue weighted by molar-refractivity contribution is 7.08. The summed E-state index contributed by atoms with van der Waals surface area (Å²) in [4.78, 5) is 14.6. The maximum Gasteiger partial charge on any atom is 0.255 e. The van der Waals surface area contributed by atoms with Crippen molar-refractivity contribution in [2.24, 2.45) is 13.0 Å². The first-order chi connectivity index (χ1) is 11.2. The van der Waals surface area contributed by atoms with Gasteiger partial charge in [0.15, 0.2) is 0 Å². The molecule has 1 aliphatic carbocycles. The number of fused-ring (bicyclic) bond motifs is 1. The number of carbonyl (C=O) groups excluding carboxylic acids is 1. The molecule has 0 saturated heterocycles. The van der Waals surface area contributed by atoms with Gasteiger partial charge in [-0.15, -0.1) is 0 Å². The number of ether oxygens (including phenoxy) is 1. The fourth-order valence-corrected chi connectivity index (χ4v) is 3.79. The van der Waals surface area contributed by atoms with E-state index in [2.05, 4.69) is 5.10 Å². The highest BCUT2D eigenvalue weighted by Crippen LogP contribution is 2.31. The van der Waals surface area contributed by atoms with Gasteiger partial charge in [0.2, 0.25) is 0 Å². The van der Waals surface area contributed by atoms with Gasteiger partial charge in [-0.25, -0.2) is 0 Å². The van der Waals surface area contributed by atoms with Crippen LogP contribution in [0, 0.1) is 5.92 Å². The number of aromatic nitrogens is 2. The smallest absolute Gasteiger partial charge is 0.255 e. The second kappa shape index (κ2) is 6.09. The van der Waals surface area contributed by atoms with Crippen LogP contribution >= 0.6 is 11.3 Å². The molecule has 1 saturated carbocycles. The van der Waals surface area contributed by atoms with Crippen molar-refractivity contribution in [3.05, 3.63) is 39.8 Å². The van der Waals surface area contributed by atoms with E-state index >= 15 is 0 Å². The lowest BCUT2D eigenvalue weighted by Crippen LogP contribution is -2.39. The van der Waals surface area contributed by atoms with Crippen molar-refractivity contribution in [1.29, 1.82) is 0 Å². The average Bonchev–Trinajstić information content (AvgIpc) is 3.05. The van der Waals surface area contributed by atoms with Crippen LogP contribution in [0.3, 0.4) is 0 Å². The predicted molar refractivity (Wildman–Crippen MR) is 88.6 cm³/mol. The maximum atomic E-state index is 12.7. The normalized spacial score (nSPS) is 20.6.